The molecule has 0 radical (unpaired) electrons. The van der Waals surface area contributed by atoms with Gasteiger partial charge in [0.05, 0.1) is 10.2 Å². The van der Waals surface area contributed by atoms with Gasteiger partial charge in [-0.2, -0.15) is 4.98 Å². The largest absolute Gasteiger partial charge is 0.369 e. The smallest absolute Gasteiger partial charge is 0.224 e. The molecule has 6 nitrogen and oxygen atoms in total. The molecule has 0 atom stereocenters. The highest BCUT2D eigenvalue weighted by Gasteiger charge is 2.05. The van der Waals surface area contributed by atoms with Crippen LogP contribution in [0.15, 0.2) is 10.7 Å². The SMILES string of the molecule is NS(=O)(=O)CCCNc1nc(Cl)ncc1Br. The van der Waals surface area contributed by atoms with Crippen LogP contribution in [-0.2, 0) is 10.0 Å². The van der Waals surface area contributed by atoms with E-state index in [0.29, 0.717) is 23.3 Å². The van der Waals surface area contributed by atoms with Gasteiger partial charge in [-0.15, -0.1) is 0 Å². The zero-order valence-electron chi connectivity index (χ0n) is 8.15. The van der Waals surface area contributed by atoms with E-state index in [4.69, 9.17) is 16.7 Å². The Morgan fingerprint density at radius 2 is 2.25 bits per heavy atom. The molecule has 0 saturated heterocycles. The minimum absolute atomic E-state index is 0.0730. The summed E-state index contributed by atoms with van der Waals surface area (Å²) in [6.07, 6.45) is 1.91. The normalized spacial score (nSPS) is 11.4. The fourth-order valence-corrected chi connectivity index (χ4v) is 1.96. The van der Waals surface area contributed by atoms with Crippen LogP contribution >= 0.6 is 27.5 Å². The summed E-state index contributed by atoms with van der Waals surface area (Å²) < 4.78 is 22.0. The second-order valence-electron chi connectivity index (χ2n) is 2.98. The van der Waals surface area contributed by atoms with E-state index in [2.05, 4.69) is 31.2 Å². The predicted octanol–water partition coefficient (Wildman–Crippen LogP) is 0.983. The van der Waals surface area contributed by atoms with Gasteiger partial charge in [-0.1, -0.05) is 0 Å². The topological polar surface area (TPSA) is 98.0 Å². The lowest BCUT2D eigenvalue weighted by Crippen LogP contribution is -2.19. The summed E-state index contributed by atoms with van der Waals surface area (Å²) in [5.41, 5.74) is 0. The molecule has 0 unspecified atom stereocenters. The van der Waals surface area contributed by atoms with E-state index in [-0.39, 0.29) is 11.0 Å². The summed E-state index contributed by atoms with van der Waals surface area (Å²) in [5, 5.41) is 7.90. The van der Waals surface area contributed by atoms with Crippen molar-refractivity contribution in [2.45, 2.75) is 6.42 Å². The molecule has 0 aliphatic carbocycles. The number of nitrogens with two attached hydrogens (primary N) is 1. The monoisotopic (exact) mass is 328 g/mol. The maximum atomic E-state index is 10.7. The summed E-state index contributed by atoms with van der Waals surface area (Å²) >= 11 is 8.84. The molecule has 3 N–H and O–H groups in total. The molecule has 0 amide bonds. The molecular weight excluding hydrogens is 320 g/mol. The molecule has 9 heteroatoms. The van der Waals surface area contributed by atoms with Crippen LogP contribution in [-0.4, -0.2) is 30.7 Å². The number of nitrogens with one attached hydrogen (secondary N) is 1. The predicted molar refractivity (Wildman–Crippen MR) is 65.8 cm³/mol. The average Bonchev–Trinajstić information content (AvgIpc) is 2.16. The highest BCUT2D eigenvalue weighted by Crippen LogP contribution is 2.19. The third kappa shape index (κ3) is 5.06. The minimum atomic E-state index is -3.41. The number of hydrogen-bond donors (Lipinski definition) is 2. The molecular formula is C7H10BrClN4O2S. The fourth-order valence-electron chi connectivity index (χ4n) is 0.950. The van der Waals surface area contributed by atoms with E-state index in [9.17, 15) is 8.42 Å². The standard InChI is InChI=1S/C7H10BrClN4O2S/c8-5-4-12-7(9)13-6(5)11-2-1-3-16(10,14)15/h4H,1-3H2,(H2,10,14,15)(H,11,12,13). The molecule has 1 heterocycles. The fraction of sp³-hybridized carbons (Fsp3) is 0.429. The summed E-state index contributed by atoms with van der Waals surface area (Å²) in [4.78, 5) is 7.68. The Balaban J connectivity index is 2.46. The second kappa shape index (κ2) is 5.76. The molecule has 0 aliphatic heterocycles. The molecule has 1 aromatic rings. The van der Waals surface area contributed by atoms with Crippen molar-refractivity contribution in [1.29, 1.82) is 0 Å². The van der Waals surface area contributed by atoms with Gasteiger partial charge in [0.15, 0.2) is 0 Å². The maximum Gasteiger partial charge on any atom is 0.224 e. The molecule has 16 heavy (non-hydrogen) atoms. The zero-order chi connectivity index (χ0) is 12.2. The van der Waals surface area contributed by atoms with E-state index in [0.717, 1.165) is 0 Å². The van der Waals surface area contributed by atoms with E-state index in [1.807, 2.05) is 0 Å². The summed E-state index contributed by atoms with van der Waals surface area (Å²) in [5.74, 6) is 0.450. The van der Waals surface area contributed by atoms with Gasteiger partial charge in [0.2, 0.25) is 15.3 Å². The number of primary sulfonamides is 1. The van der Waals surface area contributed by atoms with Gasteiger partial charge in [0.25, 0.3) is 0 Å². The van der Waals surface area contributed by atoms with Crippen molar-refractivity contribution in [1.82, 2.24) is 9.97 Å². The van der Waals surface area contributed by atoms with Crippen molar-refractivity contribution in [3.05, 3.63) is 16.0 Å². The van der Waals surface area contributed by atoms with Gasteiger partial charge in [-0.05, 0) is 34.0 Å². The minimum Gasteiger partial charge on any atom is -0.369 e. The van der Waals surface area contributed by atoms with Gasteiger partial charge >= 0.3 is 0 Å². The molecule has 0 saturated carbocycles. The van der Waals surface area contributed by atoms with E-state index in [1.54, 1.807) is 0 Å². The molecule has 0 aliphatic rings. The van der Waals surface area contributed by atoms with Crippen molar-refractivity contribution >= 4 is 43.4 Å². The molecule has 0 bridgehead atoms. The Labute approximate surface area is 107 Å². The van der Waals surface area contributed by atoms with Crippen LogP contribution in [0, 0.1) is 0 Å². The van der Waals surface area contributed by atoms with Crippen molar-refractivity contribution in [3.8, 4) is 0 Å². The van der Waals surface area contributed by atoms with E-state index < -0.39 is 10.0 Å². The summed E-state index contributed by atoms with van der Waals surface area (Å²) in [6.45, 7) is 0.433. The molecule has 1 rings (SSSR count). The van der Waals surface area contributed by atoms with Gasteiger partial charge < -0.3 is 5.32 Å². The third-order valence-electron chi connectivity index (χ3n) is 1.61. The van der Waals surface area contributed by atoms with Crippen molar-refractivity contribution in [3.63, 3.8) is 0 Å². The van der Waals surface area contributed by atoms with Crippen LogP contribution in [0.2, 0.25) is 5.28 Å². The molecule has 90 valence electrons. The van der Waals surface area contributed by atoms with E-state index in [1.165, 1.54) is 6.20 Å². The van der Waals surface area contributed by atoms with Gasteiger partial charge in [0.1, 0.15) is 5.82 Å². The van der Waals surface area contributed by atoms with Crippen molar-refractivity contribution < 1.29 is 8.42 Å². The Kier molecular flexibility index (Phi) is 4.90. The van der Waals surface area contributed by atoms with Crippen LogP contribution < -0.4 is 10.5 Å². The number of rotatable bonds is 5. The number of aromatic nitrogens is 2. The first-order chi connectivity index (χ1) is 7.38. The first kappa shape index (κ1) is 13.6. The maximum absolute atomic E-state index is 10.7. The van der Waals surface area contributed by atoms with Gasteiger partial charge in [-0.25, -0.2) is 18.5 Å². The first-order valence-corrected chi connectivity index (χ1v) is 7.19. The van der Waals surface area contributed by atoms with Crippen LogP contribution in [0.25, 0.3) is 0 Å². The van der Waals surface area contributed by atoms with Crippen molar-refractivity contribution in [2.75, 3.05) is 17.6 Å². The molecule has 1 aromatic heterocycles. The Hall–Kier alpha value is -0.440. The van der Waals surface area contributed by atoms with Crippen LogP contribution in [0.4, 0.5) is 5.82 Å². The number of hydrogen-bond acceptors (Lipinski definition) is 5. The first-order valence-electron chi connectivity index (χ1n) is 4.31. The Morgan fingerprint density at radius 1 is 1.56 bits per heavy atom. The van der Waals surface area contributed by atoms with Crippen LogP contribution in [0.5, 0.6) is 0 Å². The number of halogens is 2. The Morgan fingerprint density at radius 3 is 2.88 bits per heavy atom. The lowest BCUT2D eigenvalue weighted by molar-refractivity contribution is 0.595. The highest BCUT2D eigenvalue weighted by molar-refractivity contribution is 9.10. The summed E-state index contributed by atoms with van der Waals surface area (Å²) in [7, 11) is -3.41. The molecule has 0 fully saturated rings. The number of sulfonamides is 1. The second-order valence-corrected chi connectivity index (χ2v) is 5.91. The number of nitrogens with zero attached hydrogens (tertiary/aromatic N) is 2. The van der Waals surface area contributed by atoms with Crippen molar-refractivity contribution in [2.24, 2.45) is 5.14 Å². The molecule has 0 aromatic carbocycles. The quantitative estimate of drug-likeness (QED) is 0.620. The lowest BCUT2D eigenvalue weighted by atomic mass is 10.4. The van der Waals surface area contributed by atoms with Gasteiger partial charge in [-0.3, -0.25) is 0 Å². The lowest BCUT2D eigenvalue weighted by Gasteiger charge is -2.06. The van der Waals surface area contributed by atoms with Gasteiger partial charge in [0, 0.05) is 12.7 Å². The van der Waals surface area contributed by atoms with Crippen LogP contribution in [0.3, 0.4) is 0 Å². The molecule has 0 spiro atoms. The van der Waals surface area contributed by atoms with E-state index >= 15 is 0 Å². The Bertz CT molecular complexity index is 467. The summed E-state index contributed by atoms with van der Waals surface area (Å²) in [6, 6.07) is 0. The zero-order valence-corrected chi connectivity index (χ0v) is 11.3. The number of anilines is 1. The average molecular weight is 330 g/mol. The third-order valence-corrected chi connectivity index (χ3v) is 3.23. The highest BCUT2D eigenvalue weighted by atomic mass is 79.9. The van der Waals surface area contributed by atoms with Crippen LogP contribution in [0.1, 0.15) is 6.42 Å².